The summed E-state index contributed by atoms with van der Waals surface area (Å²) in [7, 11) is 1.94. The molecule has 0 aromatic heterocycles. The summed E-state index contributed by atoms with van der Waals surface area (Å²) in [6.07, 6.45) is 2.14. The summed E-state index contributed by atoms with van der Waals surface area (Å²) in [5.41, 5.74) is 3.53. The number of aryl methyl sites for hydroxylation is 1. The molecule has 0 spiro atoms. The average Bonchev–Trinajstić information content (AvgIpc) is 2.47. The van der Waals surface area contributed by atoms with E-state index in [1.807, 2.05) is 19.2 Å². The fraction of sp³-hybridized carbons (Fsp3) is 0.294. The average molecular weight is 322 g/mol. The lowest BCUT2D eigenvalue weighted by Gasteiger charge is -2.22. The van der Waals surface area contributed by atoms with E-state index in [0.717, 1.165) is 30.8 Å². The third-order valence-electron chi connectivity index (χ3n) is 3.77. The predicted molar refractivity (Wildman–Crippen MR) is 87.6 cm³/mol. The number of ether oxygens (including phenoxy) is 1. The molecule has 1 aliphatic rings. The van der Waals surface area contributed by atoms with Crippen LogP contribution in [0.3, 0.4) is 0 Å². The molecule has 1 heterocycles. The highest BCUT2D eigenvalue weighted by atomic mass is 35.5. The van der Waals surface area contributed by atoms with Gasteiger partial charge in [0, 0.05) is 10.0 Å². The zero-order chi connectivity index (χ0) is 14.8. The first-order valence-corrected chi connectivity index (χ1v) is 7.82. The Bertz CT molecular complexity index is 637. The molecule has 0 fully saturated rings. The van der Waals surface area contributed by atoms with Crippen molar-refractivity contribution in [2.45, 2.75) is 18.9 Å². The van der Waals surface area contributed by atoms with Crippen LogP contribution in [0.1, 0.15) is 29.2 Å². The van der Waals surface area contributed by atoms with Crippen molar-refractivity contribution in [2.24, 2.45) is 0 Å². The van der Waals surface area contributed by atoms with Crippen LogP contribution in [-0.4, -0.2) is 13.7 Å². The van der Waals surface area contributed by atoms with Crippen molar-refractivity contribution in [3.05, 3.63) is 63.1 Å². The smallest absolute Gasteiger partial charge is 0.122 e. The number of halogens is 2. The van der Waals surface area contributed by atoms with Crippen LogP contribution in [0.2, 0.25) is 10.0 Å². The number of fused-ring (bicyclic) bond motifs is 1. The van der Waals surface area contributed by atoms with Gasteiger partial charge in [-0.05, 0) is 60.8 Å². The minimum Gasteiger partial charge on any atom is -0.493 e. The lowest BCUT2D eigenvalue weighted by Crippen LogP contribution is -2.18. The number of rotatable bonds is 3. The van der Waals surface area contributed by atoms with Crippen molar-refractivity contribution in [3.8, 4) is 5.75 Å². The normalized spacial score (nSPS) is 15.2. The maximum Gasteiger partial charge on any atom is 0.122 e. The Morgan fingerprint density at radius 1 is 1.05 bits per heavy atom. The third kappa shape index (κ3) is 3.18. The number of benzene rings is 2. The summed E-state index contributed by atoms with van der Waals surface area (Å²) in [5, 5.41) is 4.64. The van der Waals surface area contributed by atoms with Crippen LogP contribution in [0.5, 0.6) is 5.75 Å². The van der Waals surface area contributed by atoms with Crippen LogP contribution in [-0.2, 0) is 6.42 Å². The second-order valence-corrected chi connectivity index (χ2v) is 6.12. The minimum absolute atomic E-state index is 0.0634. The zero-order valence-corrected chi connectivity index (χ0v) is 13.3. The largest absolute Gasteiger partial charge is 0.493 e. The Balaban J connectivity index is 1.99. The topological polar surface area (TPSA) is 21.3 Å². The van der Waals surface area contributed by atoms with Crippen molar-refractivity contribution in [2.75, 3.05) is 13.7 Å². The van der Waals surface area contributed by atoms with Gasteiger partial charge in [-0.15, -0.1) is 0 Å². The first-order chi connectivity index (χ1) is 10.2. The van der Waals surface area contributed by atoms with E-state index in [1.165, 1.54) is 11.1 Å². The highest BCUT2D eigenvalue weighted by molar-refractivity contribution is 6.34. The zero-order valence-electron chi connectivity index (χ0n) is 11.8. The number of hydrogen-bond donors (Lipinski definition) is 1. The molecule has 2 aromatic rings. The van der Waals surface area contributed by atoms with Crippen molar-refractivity contribution >= 4 is 23.2 Å². The molecule has 0 aliphatic carbocycles. The van der Waals surface area contributed by atoms with E-state index in [9.17, 15) is 0 Å². The van der Waals surface area contributed by atoms with Crippen LogP contribution < -0.4 is 10.1 Å². The second kappa shape index (κ2) is 6.27. The molecule has 0 amide bonds. The maximum atomic E-state index is 6.12. The van der Waals surface area contributed by atoms with Crippen molar-refractivity contribution in [1.82, 2.24) is 5.32 Å². The molecular weight excluding hydrogens is 305 g/mol. The van der Waals surface area contributed by atoms with Crippen molar-refractivity contribution in [3.63, 3.8) is 0 Å². The molecule has 1 atom stereocenters. The van der Waals surface area contributed by atoms with E-state index >= 15 is 0 Å². The van der Waals surface area contributed by atoms with Crippen LogP contribution in [0.15, 0.2) is 36.4 Å². The van der Waals surface area contributed by atoms with Crippen LogP contribution >= 0.6 is 23.2 Å². The molecule has 21 heavy (non-hydrogen) atoms. The Hall–Kier alpha value is -1.22. The SMILES string of the molecule is CNC(c1cc(Cl)cc(Cl)c1)c1ccc2c(c1)CCCO2. The summed E-state index contributed by atoms with van der Waals surface area (Å²) in [6, 6.07) is 12.1. The quantitative estimate of drug-likeness (QED) is 0.890. The molecular formula is C17H17Cl2NO. The van der Waals surface area contributed by atoms with Gasteiger partial charge in [-0.2, -0.15) is 0 Å². The van der Waals surface area contributed by atoms with E-state index in [-0.39, 0.29) is 6.04 Å². The molecule has 0 radical (unpaired) electrons. The van der Waals surface area contributed by atoms with Crippen molar-refractivity contribution in [1.29, 1.82) is 0 Å². The van der Waals surface area contributed by atoms with Gasteiger partial charge in [0.15, 0.2) is 0 Å². The van der Waals surface area contributed by atoms with E-state index in [2.05, 4.69) is 23.5 Å². The number of nitrogens with one attached hydrogen (secondary N) is 1. The van der Waals surface area contributed by atoms with Gasteiger partial charge in [0.2, 0.25) is 0 Å². The fourth-order valence-corrected chi connectivity index (χ4v) is 3.37. The van der Waals surface area contributed by atoms with Gasteiger partial charge in [0.05, 0.1) is 12.6 Å². The van der Waals surface area contributed by atoms with Gasteiger partial charge < -0.3 is 10.1 Å². The first-order valence-electron chi connectivity index (χ1n) is 7.06. The van der Waals surface area contributed by atoms with Crippen LogP contribution in [0.4, 0.5) is 0 Å². The minimum atomic E-state index is 0.0634. The number of hydrogen-bond acceptors (Lipinski definition) is 2. The molecule has 2 aromatic carbocycles. The molecule has 3 rings (SSSR count). The van der Waals surface area contributed by atoms with Gasteiger partial charge in [0.25, 0.3) is 0 Å². The maximum absolute atomic E-state index is 6.12. The summed E-state index contributed by atoms with van der Waals surface area (Å²) < 4.78 is 5.67. The lowest BCUT2D eigenvalue weighted by molar-refractivity contribution is 0.288. The highest BCUT2D eigenvalue weighted by Gasteiger charge is 2.17. The lowest BCUT2D eigenvalue weighted by atomic mass is 9.95. The van der Waals surface area contributed by atoms with Gasteiger partial charge in [-0.3, -0.25) is 0 Å². The molecule has 0 saturated carbocycles. The van der Waals surface area contributed by atoms with Crippen molar-refractivity contribution < 1.29 is 4.74 Å². The molecule has 0 saturated heterocycles. The van der Waals surface area contributed by atoms with Crippen LogP contribution in [0.25, 0.3) is 0 Å². The molecule has 110 valence electrons. The van der Waals surface area contributed by atoms with E-state index < -0.39 is 0 Å². The van der Waals surface area contributed by atoms with E-state index in [1.54, 1.807) is 6.07 Å². The van der Waals surface area contributed by atoms with Gasteiger partial charge in [-0.25, -0.2) is 0 Å². The first kappa shape index (κ1) is 14.7. The summed E-state index contributed by atoms with van der Waals surface area (Å²) >= 11 is 12.2. The summed E-state index contributed by atoms with van der Waals surface area (Å²) in [4.78, 5) is 0. The highest BCUT2D eigenvalue weighted by Crippen LogP contribution is 2.32. The Kier molecular flexibility index (Phi) is 4.39. The Labute approximate surface area is 135 Å². The molecule has 1 N–H and O–H groups in total. The standard InChI is InChI=1S/C17H17Cl2NO/c1-20-17(13-8-14(18)10-15(19)9-13)12-4-5-16-11(7-12)3-2-6-21-16/h4-5,7-10,17,20H,2-3,6H2,1H3. The molecule has 2 nitrogen and oxygen atoms in total. The summed E-state index contributed by atoms with van der Waals surface area (Å²) in [6.45, 7) is 0.811. The van der Waals surface area contributed by atoms with Gasteiger partial charge >= 0.3 is 0 Å². The monoisotopic (exact) mass is 321 g/mol. The Morgan fingerprint density at radius 2 is 1.81 bits per heavy atom. The van der Waals surface area contributed by atoms with Gasteiger partial charge in [0.1, 0.15) is 5.75 Å². The van der Waals surface area contributed by atoms with Gasteiger partial charge in [-0.1, -0.05) is 35.3 Å². The predicted octanol–water partition coefficient (Wildman–Crippen LogP) is 4.63. The summed E-state index contributed by atoms with van der Waals surface area (Å²) in [5.74, 6) is 1.00. The van der Waals surface area contributed by atoms with E-state index in [0.29, 0.717) is 10.0 Å². The fourth-order valence-electron chi connectivity index (χ4n) is 2.83. The van der Waals surface area contributed by atoms with Crippen LogP contribution in [0, 0.1) is 0 Å². The molecule has 1 aliphatic heterocycles. The third-order valence-corrected chi connectivity index (χ3v) is 4.21. The molecule has 0 bridgehead atoms. The second-order valence-electron chi connectivity index (χ2n) is 5.24. The van der Waals surface area contributed by atoms with E-state index in [4.69, 9.17) is 27.9 Å². The molecule has 4 heteroatoms. The molecule has 1 unspecified atom stereocenters. The Morgan fingerprint density at radius 3 is 2.52 bits per heavy atom.